The summed E-state index contributed by atoms with van der Waals surface area (Å²) in [5.41, 5.74) is 10.2. The molecule has 0 spiro atoms. The molecule has 3 N–H and O–H groups in total. The van der Waals surface area contributed by atoms with Gasteiger partial charge in [-0.25, -0.2) is 4.98 Å². The van der Waals surface area contributed by atoms with Gasteiger partial charge in [0.25, 0.3) is 0 Å². The summed E-state index contributed by atoms with van der Waals surface area (Å²) in [5, 5.41) is 4.48. The van der Waals surface area contributed by atoms with Crippen LogP contribution in [0.4, 0.5) is 10.8 Å². The van der Waals surface area contributed by atoms with Crippen LogP contribution in [0.2, 0.25) is 5.02 Å². The number of hydrogen-bond acceptors (Lipinski definition) is 3. The number of guanidine groups is 1. The highest BCUT2D eigenvalue weighted by Gasteiger charge is 2.23. The van der Waals surface area contributed by atoms with Gasteiger partial charge < -0.3 is 11.1 Å². The second-order valence-corrected chi connectivity index (χ2v) is 6.73. The molecule has 0 unspecified atom stereocenters. The Morgan fingerprint density at radius 3 is 2.87 bits per heavy atom. The van der Waals surface area contributed by atoms with Crippen LogP contribution >= 0.6 is 22.9 Å². The number of nitrogens with one attached hydrogen (secondary N) is 1. The fraction of sp³-hybridized carbons (Fsp3) is 0.0588. The normalized spacial score (nSPS) is 12.8. The molecule has 0 saturated carbocycles. The van der Waals surface area contributed by atoms with E-state index in [1.807, 2.05) is 48.5 Å². The summed E-state index contributed by atoms with van der Waals surface area (Å²) < 4.78 is 0. The second kappa shape index (κ2) is 5.68. The van der Waals surface area contributed by atoms with Gasteiger partial charge in [-0.1, -0.05) is 47.2 Å². The zero-order valence-electron chi connectivity index (χ0n) is 12.1. The summed E-state index contributed by atoms with van der Waals surface area (Å²) >= 11 is 7.61. The minimum absolute atomic E-state index is 0.333. The van der Waals surface area contributed by atoms with Crippen molar-refractivity contribution >= 4 is 39.7 Å². The topological polar surface area (TPSA) is 63.3 Å². The van der Waals surface area contributed by atoms with Gasteiger partial charge in [0.15, 0.2) is 0 Å². The van der Waals surface area contributed by atoms with Crippen LogP contribution in [0.15, 0.2) is 53.5 Å². The summed E-state index contributed by atoms with van der Waals surface area (Å²) in [6.07, 6.45) is 0.852. The van der Waals surface area contributed by atoms with Gasteiger partial charge in [0.1, 0.15) is 0 Å². The first-order valence-electron chi connectivity index (χ1n) is 7.14. The fourth-order valence-corrected chi connectivity index (χ4v) is 3.81. The number of rotatable bonds is 2. The molecule has 0 atom stereocenters. The maximum Gasteiger partial charge on any atom is 0.213 e. The van der Waals surface area contributed by atoms with E-state index in [-0.39, 0.29) is 0 Å². The first-order valence-corrected chi connectivity index (χ1v) is 8.33. The molecule has 1 aliphatic carbocycles. The molecule has 0 bridgehead atoms. The van der Waals surface area contributed by atoms with Crippen LogP contribution in [0.25, 0.3) is 11.3 Å². The lowest BCUT2D eigenvalue weighted by atomic mass is 10.1. The highest BCUT2D eigenvalue weighted by atomic mass is 35.5. The summed E-state index contributed by atoms with van der Waals surface area (Å²) in [6.45, 7) is 0. The Hall–Kier alpha value is -2.37. The van der Waals surface area contributed by atoms with Crippen molar-refractivity contribution in [1.82, 2.24) is 4.98 Å². The fourth-order valence-electron chi connectivity index (χ4n) is 2.63. The number of fused-ring (bicyclic) bond motifs is 3. The predicted molar refractivity (Wildman–Crippen MR) is 96.7 cm³/mol. The van der Waals surface area contributed by atoms with Gasteiger partial charge in [0, 0.05) is 27.6 Å². The number of hydrogen-bond donors (Lipinski definition) is 2. The van der Waals surface area contributed by atoms with Gasteiger partial charge in [-0.3, -0.25) is 0 Å². The largest absolute Gasteiger partial charge is 0.369 e. The zero-order chi connectivity index (χ0) is 15.8. The lowest BCUT2D eigenvalue weighted by Gasteiger charge is -2.03. The molecule has 1 aromatic heterocycles. The van der Waals surface area contributed by atoms with Crippen LogP contribution in [0.3, 0.4) is 0 Å². The first-order chi connectivity index (χ1) is 11.2. The van der Waals surface area contributed by atoms with E-state index in [9.17, 15) is 0 Å². The maximum atomic E-state index is 6.05. The monoisotopic (exact) mass is 340 g/mol. The van der Waals surface area contributed by atoms with Crippen LogP contribution in [0.1, 0.15) is 10.4 Å². The number of aliphatic imine (C=N–C) groups is 1. The molecule has 4 rings (SSSR count). The third kappa shape index (κ3) is 2.81. The quantitative estimate of drug-likeness (QED) is 0.419. The van der Waals surface area contributed by atoms with Gasteiger partial charge >= 0.3 is 0 Å². The molecular weight excluding hydrogens is 328 g/mol. The molecule has 114 valence electrons. The molecule has 0 radical (unpaired) electrons. The van der Waals surface area contributed by atoms with Gasteiger partial charge in [-0.15, -0.1) is 0 Å². The van der Waals surface area contributed by atoms with E-state index in [2.05, 4.69) is 15.3 Å². The van der Waals surface area contributed by atoms with Crippen LogP contribution in [0.5, 0.6) is 0 Å². The van der Waals surface area contributed by atoms with Crippen molar-refractivity contribution in [3.8, 4) is 11.3 Å². The van der Waals surface area contributed by atoms with Crippen molar-refractivity contribution in [2.45, 2.75) is 6.42 Å². The molecule has 3 aromatic rings. The van der Waals surface area contributed by atoms with Crippen LogP contribution in [-0.2, 0) is 6.42 Å². The Bertz CT molecular complexity index is 902. The van der Waals surface area contributed by atoms with Crippen molar-refractivity contribution in [3.05, 3.63) is 64.0 Å². The number of anilines is 1. The van der Waals surface area contributed by atoms with Crippen molar-refractivity contribution in [2.24, 2.45) is 10.7 Å². The molecule has 0 aliphatic heterocycles. The van der Waals surface area contributed by atoms with Crippen LogP contribution < -0.4 is 11.1 Å². The Morgan fingerprint density at radius 1 is 1.22 bits per heavy atom. The van der Waals surface area contributed by atoms with Gasteiger partial charge in [0.05, 0.1) is 5.69 Å². The van der Waals surface area contributed by atoms with E-state index in [0.717, 1.165) is 28.4 Å². The summed E-state index contributed by atoms with van der Waals surface area (Å²) in [7, 11) is 0. The number of thiazole rings is 1. The minimum atomic E-state index is 0.333. The predicted octanol–water partition coefficient (Wildman–Crippen LogP) is 4.43. The first kappa shape index (κ1) is 14.2. The maximum absolute atomic E-state index is 6.05. The molecule has 1 heterocycles. The summed E-state index contributed by atoms with van der Waals surface area (Å²) in [4.78, 5) is 10.2. The lowest BCUT2D eigenvalue weighted by molar-refractivity contribution is 1.31. The Morgan fingerprint density at radius 2 is 2.04 bits per heavy atom. The summed E-state index contributed by atoms with van der Waals surface area (Å²) in [6, 6.07) is 15.6. The molecule has 0 saturated heterocycles. The zero-order valence-corrected chi connectivity index (χ0v) is 13.7. The molecule has 23 heavy (non-hydrogen) atoms. The SMILES string of the molecule is NC(=Nc1nc2c(s1)Cc1cc(Cl)ccc1-2)Nc1ccccc1. The van der Waals surface area contributed by atoms with E-state index >= 15 is 0 Å². The van der Waals surface area contributed by atoms with Crippen molar-refractivity contribution in [1.29, 1.82) is 0 Å². The third-order valence-corrected chi connectivity index (χ3v) is 4.81. The minimum Gasteiger partial charge on any atom is -0.369 e. The average molecular weight is 341 g/mol. The highest BCUT2D eigenvalue weighted by molar-refractivity contribution is 7.15. The van der Waals surface area contributed by atoms with E-state index < -0.39 is 0 Å². The third-order valence-electron chi connectivity index (χ3n) is 3.62. The summed E-state index contributed by atoms with van der Waals surface area (Å²) in [5.74, 6) is 0.333. The number of nitrogens with zero attached hydrogens (tertiary/aromatic N) is 2. The van der Waals surface area contributed by atoms with Gasteiger partial charge in [-0.05, 0) is 29.8 Å². The highest BCUT2D eigenvalue weighted by Crippen LogP contribution is 2.42. The Kier molecular flexibility index (Phi) is 3.52. The second-order valence-electron chi connectivity index (χ2n) is 5.23. The number of para-hydroxylation sites is 1. The van der Waals surface area contributed by atoms with E-state index in [0.29, 0.717) is 11.1 Å². The molecular formula is C17H13ClN4S. The van der Waals surface area contributed by atoms with Crippen molar-refractivity contribution < 1.29 is 0 Å². The number of benzene rings is 2. The van der Waals surface area contributed by atoms with Gasteiger partial charge in [0.2, 0.25) is 11.1 Å². The number of nitrogens with two attached hydrogens (primary N) is 1. The van der Waals surface area contributed by atoms with E-state index in [1.165, 1.54) is 10.4 Å². The molecule has 4 nitrogen and oxygen atoms in total. The average Bonchev–Trinajstić information content (AvgIpc) is 3.04. The van der Waals surface area contributed by atoms with Gasteiger partial charge in [-0.2, -0.15) is 4.99 Å². The number of aromatic nitrogens is 1. The smallest absolute Gasteiger partial charge is 0.213 e. The van der Waals surface area contributed by atoms with Crippen LogP contribution in [-0.4, -0.2) is 10.9 Å². The van der Waals surface area contributed by atoms with Crippen molar-refractivity contribution in [2.75, 3.05) is 5.32 Å². The number of halogens is 1. The molecule has 0 amide bonds. The van der Waals surface area contributed by atoms with Crippen molar-refractivity contribution in [3.63, 3.8) is 0 Å². The molecule has 1 aliphatic rings. The molecule has 6 heteroatoms. The molecule has 0 fully saturated rings. The lowest BCUT2D eigenvalue weighted by Crippen LogP contribution is -2.21. The Balaban J connectivity index is 1.60. The van der Waals surface area contributed by atoms with E-state index in [4.69, 9.17) is 17.3 Å². The molecule has 2 aromatic carbocycles. The Labute approximate surface area is 142 Å². The standard InChI is InChI=1S/C17H13ClN4S/c18-11-6-7-13-10(8-11)9-14-15(13)21-17(23-14)22-16(19)20-12-4-2-1-3-5-12/h1-8H,9H2,(H3,19,20,21,22). The van der Waals surface area contributed by atoms with Crippen LogP contribution in [0, 0.1) is 0 Å². The van der Waals surface area contributed by atoms with E-state index in [1.54, 1.807) is 11.3 Å².